The third-order valence-corrected chi connectivity index (χ3v) is 3.50. The standard InChI is InChI=1S/C13H12N2O5S/c1-8-14-10(7-21-8)6-20-13-4-11(15(17)18)9(5-16)3-12(13)19-2/h3-5,7H,6H2,1-2H3. The van der Waals surface area contributed by atoms with Crippen molar-refractivity contribution < 1.29 is 19.2 Å². The lowest BCUT2D eigenvalue weighted by Gasteiger charge is -2.10. The summed E-state index contributed by atoms with van der Waals surface area (Å²) in [5, 5.41) is 13.7. The summed E-state index contributed by atoms with van der Waals surface area (Å²) in [7, 11) is 1.40. The van der Waals surface area contributed by atoms with Gasteiger partial charge in [-0.05, 0) is 6.92 Å². The molecule has 0 aliphatic heterocycles. The highest BCUT2D eigenvalue weighted by atomic mass is 32.1. The van der Waals surface area contributed by atoms with Crippen molar-refractivity contribution in [2.75, 3.05) is 7.11 Å². The summed E-state index contributed by atoms with van der Waals surface area (Å²) in [5.41, 5.74) is 0.339. The Morgan fingerprint density at radius 3 is 2.71 bits per heavy atom. The van der Waals surface area contributed by atoms with Gasteiger partial charge in [-0.3, -0.25) is 14.9 Å². The third kappa shape index (κ3) is 3.34. The first-order valence-corrected chi connectivity index (χ1v) is 6.78. The summed E-state index contributed by atoms with van der Waals surface area (Å²) >= 11 is 1.49. The third-order valence-electron chi connectivity index (χ3n) is 2.68. The molecule has 0 radical (unpaired) electrons. The van der Waals surface area contributed by atoms with Crippen LogP contribution in [0.25, 0.3) is 0 Å². The molecule has 0 saturated carbocycles. The van der Waals surface area contributed by atoms with E-state index in [1.165, 1.54) is 30.6 Å². The minimum atomic E-state index is -0.636. The lowest BCUT2D eigenvalue weighted by Crippen LogP contribution is -2.01. The molecule has 8 heteroatoms. The normalized spacial score (nSPS) is 10.2. The Labute approximate surface area is 124 Å². The molecule has 7 nitrogen and oxygen atoms in total. The van der Waals surface area contributed by atoms with E-state index in [1.807, 2.05) is 12.3 Å². The van der Waals surface area contributed by atoms with Crippen LogP contribution in [0.5, 0.6) is 11.5 Å². The zero-order chi connectivity index (χ0) is 15.4. The van der Waals surface area contributed by atoms with Crippen molar-refractivity contribution in [3.63, 3.8) is 0 Å². The van der Waals surface area contributed by atoms with Crippen LogP contribution in [0.15, 0.2) is 17.5 Å². The molecule has 0 bridgehead atoms. The van der Waals surface area contributed by atoms with Gasteiger partial charge < -0.3 is 9.47 Å². The molecule has 0 amide bonds. The molecule has 0 spiro atoms. The van der Waals surface area contributed by atoms with Crippen molar-refractivity contribution in [2.45, 2.75) is 13.5 Å². The molecule has 110 valence electrons. The number of methoxy groups -OCH3 is 1. The fourth-order valence-corrected chi connectivity index (χ4v) is 2.31. The highest BCUT2D eigenvalue weighted by Gasteiger charge is 2.19. The van der Waals surface area contributed by atoms with Gasteiger partial charge in [0.2, 0.25) is 0 Å². The first kappa shape index (κ1) is 14.9. The van der Waals surface area contributed by atoms with Gasteiger partial charge in [0, 0.05) is 11.4 Å². The highest BCUT2D eigenvalue weighted by molar-refractivity contribution is 7.09. The van der Waals surface area contributed by atoms with Gasteiger partial charge in [0.05, 0.1) is 34.4 Å². The molecule has 2 aromatic rings. The van der Waals surface area contributed by atoms with Crippen molar-refractivity contribution in [3.8, 4) is 11.5 Å². The largest absolute Gasteiger partial charge is 0.493 e. The van der Waals surface area contributed by atoms with E-state index in [-0.39, 0.29) is 29.4 Å². The number of hydrogen-bond acceptors (Lipinski definition) is 7. The van der Waals surface area contributed by atoms with Crippen LogP contribution in [0.2, 0.25) is 0 Å². The van der Waals surface area contributed by atoms with Crippen LogP contribution in [0, 0.1) is 17.0 Å². The molecule has 2 rings (SSSR count). The van der Waals surface area contributed by atoms with Crippen molar-refractivity contribution in [3.05, 3.63) is 43.9 Å². The van der Waals surface area contributed by atoms with E-state index in [0.29, 0.717) is 6.29 Å². The zero-order valence-electron chi connectivity index (χ0n) is 11.4. The van der Waals surface area contributed by atoms with Gasteiger partial charge in [-0.25, -0.2) is 4.98 Å². The topological polar surface area (TPSA) is 91.6 Å². The molecular formula is C13H12N2O5S. The van der Waals surface area contributed by atoms with Gasteiger partial charge in [0.15, 0.2) is 17.8 Å². The second-order valence-electron chi connectivity index (χ2n) is 4.08. The van der Waals surface area contributed by atoms with Crippen molar-refractivity contribution in [1.82, 2.24) is 4.98 Å². The number of carbonyl (C=O) groups excluding carboxylic acids is 1. The minimum Gasteiger partial charge on any atom is -0.493 e. The Morgan fingerprint density at radius 1 is 1.43 bits per heavy atom. The van der Waals surface area contributed by atoms with Crippen LogP contribution in [0.4, 0.5) is 5.69 Å². The van der Waals surface area contributed by atoms with Crippen LogP contribution >= 0.6 is 11.3 Å². The van der Waals surface area contributed by atoms with E-state index >= 15 is 0 Å². The van der Waals surface area contributed by atoms with E-state index < -0.39 is 4.92 Å². The summed E-state index contributed by atoms with van der Waals surface area (Å²) in [6.07, 6.45) is 0.411. The van der Waals surface area contributed by atoms with Crippen molar-refractivity contribution in [2.24, 2.45) is 0 Å². The van der Waals surface area contributed by atoms with Crippen LogP contribution < -0.4 is 9.47 Å². The lowest BCUT2D eigenvalue weighted by atomic mass is 10.1. The number of thiazole rings is 1. The maximum Gasteiger partial charge on any atom is 0.283 e. The number of carbonyl (C=O) groups is 1. The van der Waals surface area contributed by atoms with Gasteiger partial charge in [0.25, 0.3) is 5.69 Å². The molecule has 0 unspecified atom stereocenters. The predicted octanol–water partition coefficient (Wildman–Crippen LogP) is 2.76. The fraction of sp³-hybridized carbons (Fsp3) is 0.231. The first-order valence-electron chi connectivity index (χ1n) is 5.90. The Morgan fingerprint density at radius 2 is 2.19 bits per heavy atom. The molecule has 1 aromatic heterocycles. The number of benzene rings is 1. The second-order valence-corrected chi connectivity index (χ2v) is 5.15. The Hall–Kier alpha value is -2.48. The molecule has 0 aliphatic carbocycles. The molecule has 0 N–H and O–H groups in total. The van der Waals surface area contributed by atoms with Crippen LogP contribution in [-0.4, -0.2) is 23.3 Å². The van der Waals surface area contributed by atoms with Gasteiger partial charge in [-0.15, -0.1) is 11.3 Å². The maximum atomic E-state index is 10.9. The van der Waals surface area contributed by atoms with E-state index in [4.69, 9.17) is 9.47 Å². The van der Waals surface area contributed by atoms with E-state index in [9.17, 15) is 14.9 Å². The molecule has 0 aliphatic rings. The number of nitrogens with zero attached hydrogens (tertiary/aromatic N) is 2. The van der Waals surface area contributed by atoms with Crippen molar-refractivity contribution >= 4 is 23.3 Å². The molecule has 0 saturated heterocycles. The van der Waals surface area contributed by atoms with Crippen LogP contribution in [-0.2, 0) is 6.61 Å². The summed E-state index contributed by atoms with van der Waals surface area (Å²) in [4.78, 5) is 25.4. The number of aldehydes is 1. The van der Waals surface area contributed by atoms with E-state index in [2.05, 4.69) is 4.98 Å². The number of rotatable bonds is 6. The molecule has 1 aromatic carbocycles. The summed E-state index contributed by atoms with van der Waals surface area (Å²) in [6, 6.07) is 2.47. The average Bonchev–Trinajstić information content (AvgIpc) is 2.89. The number of aromatic nitrogens is 1. The molecule has 0 atom stereocenters. The maximum absolute atomic E-state index is 10.9. The van der Waals surface area contributed by atoms with Crippen LogP contribution in [0.3, 0.4) is 0 Å². The van der Waals surface area contributed by atoms with Crippen molar-refractivity contribution in [1.29, 1.82) is 0 Å². The van der Waals surface area contributed by atoms with E-state index in [0.717, 1.165) is 10.7 Å². The summed E-state index contributed by atoms with van der Waals surface area (Å²) in [6.45, 7) is 2.04. The minimum absolute atomic E-state index is 0.0614. The Balaban J connectivity index is 2.30. The smallest absolute Gasteiger partial charge is 0.283 e. The highest BCUT2D eigenvalue weighted by Crippen LogP contribution is 2.34. The van der Waals surface area contributed by atoms with Gasteiger partial charge in [-0.1, -0.05) is 0 Å². The fourth-order valence-electron chi connectivity index (χ4n) is 1.72. The molecule has 0 fully saturated rings. The Kier molecular flexibility index (Phi) is 4.49. The molecule has 1 heterocycles. The summed E-state index contributed by atoms with van der Waals surface area (Å²) in [5.74, 6) is 0.454. The quantitative estimate of drug-likeness (QED) is 0.463. The zero-order valence-corrected chi connectivity index (χ0v) is 12.2. The number of aryl methyl sites for hydroxylation is 1. The van der Waals surface area contributed by atoms with Gasteiger partial charge in [0.1, 0.15) is 6.61 Å². The van der Waals surface area contributed by atoms with Gasteiger partial charge in [-0.2, -0.15) is 0 Å². The molecular weight excluding hydrogens is 296 g/mol. The monoisotopic (exact) mass is 308 g/mol. The SMILES string of the molecule is COc1cc(C=O)c([N+](=O)[O-])cc1OCc1csc(C)n1. The number of nitro groups is 1. The number of hydrogen-bond donors (Lipinski definition) is 0. The average molecular weight is 308 g/mol. The summed E-state index contributed by atoms with van der Waals surface area (Å²) < 4.78 is 10.6. The number of ether oxygens (including phenoxy) is 2. The Bertz CT molecular complexity index is 683. The predicted molar refractivity (Wildman–Crippen MR) is 76.2 cm³/mol. The number of nitro benzene ring substituents is 1. The first-order chi connectivity index (χ1) is 10.0. The lowest BCUT2D eigenvalue weighted by molar-refractivity contribution is -0.385. The van der Waals surface area contributed by atoms with Gasteiger partial charge >= 0.3 is 0 Å². The second kappa shape index (κ2) is 6.31. The molecule has 21 heavy (non-hydrogen) atoms. The van der Waals surface area contributed by atoms with Crippen LogP contribution in [0.1, 0.15) is 21.1 Å². The van der Waals surface area contributed by atoms with E-state index in [1.54, 1.807) is 0 Å².